The number of carbonyl (C=O) groups is 1. The Balaban J connectivity index is 3.30. The van der Waals surface area contributed by atoms with Crippen LogP contribution in [-0.4, -0.2) is 23.4 Å². The Labute approximate surface area is 86.2 Å². The quantitative estimate of drug-likeness (QED) is 0.726. The maximum absolute atomic E-state index is 12.5. The molecule has 0 aromatic rings. The van der Waals surface area contributed by atoms with Gasteiger partial charge in [0.25, 0.3) is 0 Å². The molecule has 1 aliphatic carbocycles. The molecule has 2 atom stereocenters. The maximum Gasteiger partial charge on any atom is 0.404 e. The molecule has 1 fully saturated rings. The zero-order valence-corrected chi connectivity index (χ0v) is 7.99. The minimum atomic E-state index is -5.61. The van der Waals surface area contributed by atoms with Gasteiger partial charge in [-0.2, -0.15) is 26.3 Å². The van der Waals surface area contributed by atoms with E-state index in [0.29, 0.717) is 0 Å². The number of hydrogen-bond donors (Lipinski definition) is 1. The van der Waals surface area contributed by atoms with Crippen molar-refractivity contribution in [2.75, 3.05) is 0 Å². The predicted octanol–water partition coefficient (Wildman–Crippen LogP) is 2.84. The Bertz CT molecular complexity index is 291. The van der Waals surface area contributed by atoms with Crippen LogP contribution in [0.1, 0.15) is 13.3 Å². The lowest BCUT2D eigenvalue weighted by Gasteiger charge is -2.53. The number of carboxylic acids is 1. The standard InChI is InChI=1S/C8H8F6O2/c1-3-2-4(5(15)16)6(3,7(9,10)11)8(12,13)14/h3-4H,2H2,1H3,(H,15,16)/t3-,4?/m0/s1. The Morgan fingerprint density at radius 2 is 1.56 bits per heavy atom. The van der Waals surface area contributed by atoms with E-state index >= 15 is 0 Å². The summed E-state index contributed by atoms with van der Waals surface area (Å²) in [6.07, 6.45) is -11.8. The highest BCUT2D eigenvalue weighted by atomic mass is 19.4. The van der Waals surface area contributed by atoms with Crippen LogP contribution in [0.4, 0.5) is 26.3 Å². The summed E-state index contributed by atoms with van der Waals surface area (Å²) < 4.78 is 75.2. The van der Waals surface area contributed by atoms with Crippen molar-refractivity contribution in [2.24, 2.45) is 17.3 Å². The Hall–Kier alpha value is -0.950. The first-order chi connectivity index (χ1) is 6.96. The SMILES string of the molecule is C[C@H]1CC(C(=O)O)C1(C(F)(F)F)C(F)(F)F. The number of carboxylic acid groups (broad SMARTS) is 1. The van der Waals surface area contributed by atoms with E-state index in [1.165, 1.54) is 0 Å². The second kappa shape index (κ2) is 3.27. The number of alkyl halides is 6. The molecule has 16 heavy (non-hydrogen) atoms. The van der Waals surface area contributed by atoms with Crippen molar-refractivity contribution >= 4 is 5.97 Å². The van der Waals surface area contributed by atoms with Crippen molar-refractivity contribution < 1.29 is 36.2 Å². The third kappa shape index (κ3) is 1.38. The van der Waals surface area contributed by atoms with Gasteiger partial charge in [0.15, 0.2) is 5.41 Å². The zero-order valence-electron chi connectivity index (χ0n) is 7.99. The fourth-order valence-electron chi connectivity index (χ4n) is 2.32. The van der Waals surface area contributed by atoms with Gasteiger partial charge in [0.1, 0.15) is 0 Å². The lowest BCUT2D eigenvalue weighted by atomic mass is 9.52. The average molecular weight is 250 g/mol. The molecule has 94 valence electrons. The van der Waals surface area contributed by atoms with E-state index in [0.717, 1.165) is 6.92 Å². The largest absolute Gasteiger partial charge is 0.481 e. The molecule has 1 aliphatic rings. The van der Waals surface area contributed by atoms with Crippen LogP contribution >= 0.6 is 0 Å². The fraction of sp³-hybridized carbons (Fsp3) is 0.875. The van der Waals surface area contributed by atoms with Gasteiger partial charge in [-0.05, 0) is 12.3 Å². The van der Waals surface area contributed by atoms with Crippen LogP contribution in [0.15, 0.2) is 0 Å². The molecule has 0 heterocycles. The molecule has 0 bridgehead atoms. The number of hydrogen-bond acceptors (Lipinski definition) is 1. The summed E-state index contributed by atoms with van der Waals surface area (Å²) in [7, 11) is 0. The zero-order chi connectivity index (χ0) is 12.9. The maximum atomic E-state index is 12.5. The van der Waals surface area contributed by atoms with Crippen LogP contribution in [-0.2, 0) is 4.79 Å². The normalized spacial score (nSPS) is 29.7. The van der Waals surface area contributed by atoms with Crippen LogP contribution in [0.3, 0.4) is 0 Å². The van der Waals surface area contributed by atoms with Gasteiger partial charge in [0.2, 0.25) is 0 Å². The van der Waals surface area contributed by atoms with Gasteiger partial charge < -0.3 is 5.11 Å². The predicted molar refractivity (Wildman–Crippen MR) is 39.4 cm³/mol. The number of rotatable bonds is 1. The van der Waals surface area contributed by atoms with Crippen LogP contribution in [0.5, 0.6) is 0 Å². The second-order valence-electron chi connectivity index (χ2n) is 3.89. The topological polar surface area (TPSA) is 37.3 Å². The molecule has 0 aliphatic heterocycles. The molecule has 1 unspecified atom stereocenters. The second-order valence-corrected chi connectivity index (χ2v) is 3.89. The molecule has 8 heteroatoms. The number of aliphatic carboxylic acids is 1. The van der Waals surface area contributed by atoms with Crippen molar-refractivity contribution in [3.05, 3.63) is 0 Å². The molecule has 0 amide bonds. The van der Waals surface area contributed by atoms with Crippen molar-refractivity contribution in [3.63, 3.8) is 0 Å². The molecule has 0 spiro atoms. The Morgan fingerprint density at radius 3 is 1.69 bits per heavy atom. The van der Waals surface area contributed by atoms with E-state index in [2.05, 4.69) is 0 Å². The average Bonchev–Trinajstić information content (AvgIpc) is 1.92. The van der Waals surface area contributed by atoms with Crippen LogP contribution < -0.4 is 0 Å². The molecule has 0 aromatic heterocycles. The van der Waals surface area contributed by atoms with Crippen molar-refractivity contribution in [2.45, 2.75) is 25.7 Å². The highest BCUT2D eigenvalue weighted by Gasteiger charge is 2.82. The van der Waals surface area contributed by atoms with Crippen LogP contribution in [0.25, 0.3) is 0 Å². The van der Waals surface area contributed by atoms with E-state index in [-0.39, 0.29) is 0 Å². The molecule has 0 aromatic carbocycles. The molecule has 1 rings (SSSR count). The summed E-state index contributed by atoms with van der Waals surface area (Å²) >= 11 is 0. The van der Waals surface area contributed by atoms with Gasteiger partial charge in [0.05, 0.1) is 5.92 Å². The van der Waals surface area contributed by atoms with Gasteiger partial charge in [-0.25, -0.2) is 0 Å². The minimum absolute atomic E-state index is 0.617. The Kier molecular flexibility index (Phi) is 2.68. The monoisotopic (exact) mass is 250 g/mol. The van der Waals surface area contributed by atoms with Crippen molar-refractivity contribution in [1.82, 2.24) is 0 Å². The Morgan fingerprint density at radius 1 is 1.19 bits per heavy atom. The summed E-state index contributed by atoms with van der Waals surface area (Å²) in [6, 6.07) is 0. The molecule has 1 N–H and O–H groups in total. The summed E-state index contributed by atoms with van der Waals surface area (Å²) in [5.74, 6) is -6.27. The van der Waals surface area contributed by atoms with E-state index in [4.69, 9.17) is 5.11 Å². The summed E-state index contributed by atoms with van der Waals surface area (Å²) in [6.45, 7) is 0.764. The molecule has 1 saturated carbocycles. The van der Waals surface area contributed by atoms with Gasteiger partial charge in [-0.3, -0.25) is 4.79 Å². The molecule has 0 saturated heterocycles. The molecule has 0 radical (unpaired) electrons. The van der Waals surface area contributed by atoms with Gasteiger partial charge >= 0.3 is 18.3 Å². The fourth-order valence-corrected chi connectivity index (χ4v) is 2.32. The van der Waals surface area contributed by atoms with E-state index < -0.39 is 42.0 Å². The summed E-state index contributed by atoms with van der Waals surface area (Å²) in [4.78, 5) is 10.4. The highest BCUT2D eigenvalue weighted by molar-refractivity contribution is 5.73. The third-order valence-corrected chi connectivity index (χ3v) is 3.15. The van der Waals surface area contributed by atoms with Crippen molar-refractivity contribution in [1.29, 1.82) is 0 Å². The van der Waals surface area contributed by atoms with E-state index in [1.54, 1.807) is 0 Å². The molecule has 2 nitrogen and oxygen atoms in total. The van der Waals surface area contributed by atoms with E-state index in [1.807, 2.05) is 0 Å². The lowest BCUT2D eigenvalue weighted by molar-refractivity contribution is -0.401. The lowest BCUT2D eigenvalue weighted by Crippen LogP contribution is -2.67. The van der Waals surface area contributed by atoms with Gasteiger partial charge in [-0.15, -0.1) is 0 Å². The smallest absolute Gasteiger partial charge is 0.404 e. The number of halogens is 6. The third-order valence-electron chi connectivity index (χ3n) is 3.15. The van der Waals surface area contributed by atoms with Crippen LogP contribution in [0, 0.1) is 17.3 Å². The first-order valence-electron chi connectivity index (χ1n) is 4.32. The minimum Gasteiger partial charge on any atom is -0.481 e. The van der Waals surface area contributed by atoms with Crippen molar-refractivity contribution in [3.8, 4) is 0 Å². The highest BCUT2D eigenvalue weighted by Crippen LogP contribution is 2.67. The molecular weight excluding hydrogens is 242 g/mol. The van der Waals surface area contributed by atoms with E-state index in [9.17, 15) is 31.1 Å². The summed E-state index contributed by atoms with van der Waals surface area (Å²) in [5, 5.41) is 8.41. The first-order valence-corrected chi connectivity index (χ1v) is 4.32. The van der Waals surface area contributed by atoms with Gasteiger partial charge in [0, 0.05) is 0 Å². The summed E-state index contributed by atoms with van der Waals surface area (Å²) in [5.41, 5.74) is -4.11. The first kappa shape index (κ1) is 13.1. The van der Waals surface area contributed by atoms with Gasteiger partial charge in [-0.1, -0.05) is 6.92 Å². The van der Waals surface area contributed by atoms with Crippen LogP contribution in [0.2, 0.25) is 0 Å². The molecular formula is C8H8F6O2.